The van der Waals surface area contributed by atoms with E-state index in [2.05, 4.69) is 20.9 Å². The number of benzene rings is 1. The zero-order chi connectivity index (χ0) is 15.3. The van der Waals surface area contributed by atoms with Crippen molar-refractivity contribution >= 4 is 16.8 Å². The summed E-state index contributed by atoms with van der Waals surface area (Å²) in [7, 11) is 2.03. The van der Waals surface area contributed by atoms with Gasteiger partial charge in [0.25, 0.3) is 5.91 Å². The number of nitrogens with zero attached hydrogens (tertiary/aromatic N) is 2. The summed E-state index contributed by atoms with van der Waals surface area (Å²) in [6.07, 6.45) is 2.44. The molecular weight excluding hydrogens is 274 g/mol. The molecule has 3 aliphatic heterocycles. The second-order valence-electron chi connectivity index (χ2n) is 6.75. The molecule has 0 radical (unpaired) electrons. The largest absolute Gasteiger partial charge is 0.348 e. The molecular formula is C18H23N3O. The Kier molecular flexibility index (Phi) is 3.22. The number of aryl methyl sites for hydroxylation is 1. The fourth-order valence-corrected chi connectivity index (χ4v) is 4.18. The quantitative estimate of drug-likeness (QED) is 0.923. The number of nitrogens with one attached hydrogen (secondary N) is 1. The second kappa shape index (κ2) is 5.13. The fraction of sp³-hybridized carbons (Fsp3) is 0.500. The first-order valence-electron chi connectivity index (χ1n) is 8.22. The average molecular weight is 297 g/mol. The Morgan fingerprint density at radius 2 is 1.95 bits per heavy atom. The number of carbonyl (C=O) groups is 1. The highest BCUT2D eigenvalue weighted by Gasteiger charge is 2.35. The van der Waals surface area contributed by atoms with Gasteiger partial charge in [0.05, 0.1) is 5.56 Å². The topological polar surface area (TPSA) is 37.3 Å². The third kappa shape index (κ3) is 2.05. The van der Waals surface area contributed by atoms with Gasteiger partial charge in [0, 0.05) is 36.2 Å². The van der Waals surface area contributed by atoms with E-state index in [9.17, 15) is 4.79 Å². The SMILES string of the molecule is Cc1c(C(=O)N[C@@H]2CN3CCC2CC3)c2ccccc2n1C. The lowest BCUT2D eigenvalue weighted by Gasteiger charge is -2.44. The van der Waals surface area contributed by atoms with Gasteiger partial charge in [0.1, 0.15) is 0 Å². The zero-order valence-corrected chi connectivity index (χ0v) is 13.3. The Morgan fingerprint density at radius 3 is 2.64 bits per heavy atom. The van der Waals surface area contributed by atoms with E-state index in [0.29, 0.717) is 12.0 Å². The van der Waals surface area contributed by atoms with Crippen LogP contribution in [0.25, 0.3) is 10.9 Å². The maximum atomic E-state index is 12.9. The first kappa shape index (κ1) is 13.8. The molecule has 116 valence electrons. The summed E-state index contributed by atoms with van der Waals surface area (Å²) in [5.74, 6) is 0.747. The van der Waals surface area contributed by atoms with Crippen molar-refractivity contribution < 1.29 is 4.79 Å². The summed E-state index contributed by atoms with van der Waals surface area (Å²) in [5, 5.41) is 4.38. The zero-order valence-electron chi connectivity index (χ0n) is 13.3. The summed E-state index contributed by atoms with van der Waals surface area (Å²) < 4.78 is 2.11. The van der Waals surface area contributed by atoms with E-state index in [0.717, 1.165) is 28.7 Å². The summed E-state index contributed by atoms with van der Waals surface area (Å²) in [4.78, 5) is 15.4. The first-order chi connectivity index (χ1) is 10.6. The van der Waals surface area contributed by atoms with Crippen LogP contribution in [0.3, 0.4) is 0 Å². The normalized spacial score (nSPS) is 27.3. The molecule has 3 fully saturated rings. The van der Waals surface area contributed by atoms with Crippen molar-refractivity contribution in [3.8, 4) is 0 Å². The molecule has 0 spiro atoms. The predicted octanol–water partition coefficient (Wildman–Crippen LogP) is 2.31. The van der Waals surface area contributed by atoms with Crippen LogP contribution >= 0.6 is 0 Å². The molecule has 0 saturated carbocycles. The van der Waals surface area contributed by atoms with Crippen molar-refractivity contribution in [2.45, 2.75) is 25.8 Å². The Morgan fingerprint density at radius 1 is 1.23 bits per heavy atom. The van der Waals surface area contributed by atoms with Crippen molar-refractivity contribution in [3.63, 3.8) is 0 Å². The van der Waals surface area contributed by atoms with Crippen LogP contribution in [0.4, 0.5) is 0 Å². The number of aromatic nitrogens is 1. The molecule has 1 N–H and O–H groups in total. The maximum Gasteiger partial charge on any atom is 0.254 e. The van der Waals surface area contributed by atoms with E-state index in [4.69, 9.17) is 0 Å². The monoisotopic (exact) mass is 297 g/mol. The van der Waals surface area contributed by atoms with E-state index in [-0.39, 0.29) is 5.91 Å². The Balaban J connectivity index is 1.65. The molecule has 3 saturated heterocycles. The molecule has 2 bridgehead atoms. The molecule has 3 aliphatic rings. The third-order valence-corrected chi connectivity index (χ3v) is 5.60. The van der Waals surface area contributed by atoms with Gasteiger partial charge in [-0.15, -0.1) is 0 Å². The lowest BCUT2D eigenvalue weighted by Crippen LogP contribution is -2.57. The molecule has 1 amide bonds. The number of carbonyl (C=O) groups excluding carboxylic acids is 1. The van der Waals surface area contributed by atoms with Gasteiger partial charge in [0.2, 0.25) is 0 Å². The van der Waals surface area contributed by atoms with Crippen LogP contribution in [0.5, 0.6) is 0 Å². The van der Waals surface area contributed by atoms with E-state index < -0.39 is 0 Å². The number of piperidine rings is 3. The smallest absolute Gasteiger partial charge is 0.254 e. The molecule has 1 atom stereocenters. The highest BCUT2D eigenvalue weighted by atomic mass is 16.1. The van der Waals surface area contributed by atoms with Crippen LogP contribution in [-0.2, 0) is 7.05 Å². The second-order valence-corrected chi connectivity index (χ2v) is 6.75. The standard InChI is InChI=1S/C18H23N3O/c1-12-17(14-5-3-4-6-16(14)20(12)2)18(22)19-15-11-21-9-7-13(15)8-10-21/h3-6,13,15H,7-11H2,1-2H3,(H,19,22)/t15-/m1/s1. The number of amides is 1. The summed E-state index contributed by atoms with van der Waals surface area (Å²) >= 11 is 0. The van der Waals surface area contributed by atoms with Crippen molar-refractivity contribution in [3.05, 3.63) is 35.5 Å². The number of hydrogen-bond donors (Lipinski definition) is 1. The van der Waals surface area contributed by atoms with Gasteiger partial charge in [-0.3, -0.25) is 4.79 Å². The molecule has 0 aliphatic carbocycles. The van der Waals surface area contributed by atoms with Crippen LogP contribution in [0, 0.1) is 12.8 Å². The van der Waals surface area contributed by atoms with Gasteiger partial charge >= 0.3 is 0 Å². The van der Waals surface area contributed by atoms with Gasteiger partial charge in [-0.2, -0.15) is 0 Å². The lowest BCUT2D eigenvalue weighted by molar-refractivity contribution is 0.0621. The van der Waals surface area contributed by atoms with Gasteiger partial charge in [-0.25, -0.2) is 0 Å². The van der Waals surface area contributed by atoms with Gasteiger partial charge < -0.3 is 14.8 Å². The number of para-hydroxylation sites is 1. The predicted molar refractivity (Wildman–Crippen MR) is 88.1 cm³/mol. The molecule has 1 aromatic heterocycles. The van der Waals surface area contributed by atoms with Crippen LogP contribution in [-0.4, -0.2) is 41.1 Å². The average Bonchev–Trinajstić information content (AvgIpc) is 2.80. The van der Waals surface area contributed by atoms with E-state index in [1.807, 2.05) is 32.2 Å². The first-order valence-corrected chi connectivity index (χ1v) is 8.22. The number of fused-ring (bicyclic) bond motifs is 4. The fourth-order valence-electron chi connectivity index (χ4n) is 4.18. The van der Waals surface area contributed by atoms with Crippen LogP contribution in [0.1, 0.15) is 28.9 Å². The molecule has 1 aromatic carbocycles. The van der Waals surface area contributed by atoms with Crippen molar-refractivity contribution in [2.24, 2.45) is 13.0 Å². The summed E-state index contributed by atoms with van der Waals surface area (Å²) in [6, 6.07) is 8.47. The van der Waals surface area contributed by atoms with Gasteiger partial charge in [0.15, 0.2) is 0 Å². The van der Waals surface area contributed by atoms with Crippen LogP contribution in [0.15, 0.2) is 24.3 Å². The molecule has 4 heteroatoms. The third-order valence-electron chi connectivity index (χ3n) is 5.60. The minimum absolute atomic E-state index is 0.0908. The molecule has 2 aromatic rings. The molecule has 5 rings (SSSR count). The maximum absolute atomic E-state index is 12.9. The lowest BCUT2D eigenvalue weighted by atomic mass is 9.84. The highest BCUT2D eigenvalue weighted by Crippen LogP contribution is 2.29. The minimum Gasteiger partial charge on any atom is -0.348 e. The molecule has 22 heavy (non-hydrogen) atoms. The van der Waals surface area contributed by atoms with Gasteiger partial charge in [-0.1, -0.05) is 18.2 Å². The minimum atomic E-state index is 0.0908. The molecule has 4 nitrogen and oxygen atoms in total. The summed E-state index contributed by atoms with van der Waals surface area (Å²) in [5.41, 5.74) is 3.01. The molecule has 0 unspecified atom stereocenters. The highest BCUT2D eigenvalue weighted by molar-refractivity contribution is 6.08. The van der Waals surface area contributed by atoms with Crippen molar-refractivity contribution in [1.29, 1.82) is 0 Å². The summed E-state index contributed by atoms with van der Waals surface area (Å²) in [6.45, 7) is 5.44. The Hall–Kier alpha value is -1.81. The Bertz CT molecular complexity index is 725. The van der Waals surface area contributed by atoms with E-state index in [1.54, 1.807) is 0 Å². The van der Waals surface area contributed by atoms with E-state index >= 15 is 0 Å². The van der Waals surface area contributed by atoms with Gasteiger partial charge in [-0.05, 0) is 44.8 Å². The van der Waals surface area contributed by atoms with Crippen molar-refractivity contribution in [1.82, 2.24) is 14.8 Å². The van der Waals surface area contributed by atoms with Crippen LogP contribution in [0.2, 0.25) is 0 Å². The Labute approximate surface area is 131 Å². The number of hydrogen-bond acceptors (Lipinski definition) is 2. The van der Waals surface area contributed by atoms with Crippen molar-refractivity contribution in [2.75, 3.05) is 19.6 Å². The van der Waals surface area contributed by atoms with Crippen LogP contribution < -0.4 is 5.32 Å². The molecule has 4 heterocycles. The van der Waals surface area contributed by atoms with E-state index in [1.165, 1.54) is 25.9 Å². The number of rotatable bonds is 2.